The van der Waals surface area contributed by atoms with Crippen LogP contribution in [0.5, 0.6) is 5.75 Å². The number of nitrogens with zero attached hydrogens (tertiary/aromatic N) is 1. The van der Waals surface area contributed by atoms with Gasteiger partial charge in [0.25, 0.3) is 5.91 Å². The van der Waals surface area contributed by atoms with E-state index in [0.29, 0.717) is 35.3 Å². The summed E-state index contributed by atoms with van der Waals surface area (Å²) in [5.74, 6) is -0.137. The van der Waals surface area contributed by atoms with Crippen LogP contribution < -0.4 is 20.7 Å². The molecule has 10 heteroatoms. The minimum absolute atomic E-state index is 0.0800. The molecule has 1 aliphatic rings. The topological polar surface area (TPSA) is 143 Å². The van der Waals surface area contributed by atoms with Gasteiger partial charge in [-0.1, -0.05) is 19.1 Å². The number of hydrogen-bond donors (Lipinski definition) is 4. The van der Waals surface area contributed by atoms with Crippen LogP contribution >= 0.6 is 0 Å². The fourth-order valence-corrected chi connectivity index (χ4v) is 4.25. The number of amides is 2. The molecule has 10 nitrogen and oxygen atoms in total. The first-order valence-corrected chi connectivity index (χ1v) is 11.9. The first-order chi connectivity index (χ1) is 17.8. The van der Waals surface area contributed by atoms with E-state index in [9.17, 15) is 19.7 Å². The van der Waals surface area contributed by atoms with Gasteiger partial charge in [-0.05, 0) is 65.4 Å². The van der Waals surface area contributed by atoms with Crippen molar-refractivity contribution in [3.63, 3.8) is 0 Å². The highest BCUT2D eigenvalue weighted by atomic mass is 16.6. The summed E-state index contributed by atoms with van der Waals surface area (Å²) in [5.41, 5.74) is 4.76. The lowest BCUT2D eigenvalue weighted by Crippen LogP contribution is -2.26. The Bertz CT molecular complexity index is 1360. The summed E-state index contributed by atoms with van der Waals surface area (Å²) in [6.07, 6.45) is 0.963. The van der Waals surface area contributed by atoms with Crippen LogP contribution in [0.2, 0.25) is 0 Å². The standard InChI is InChI=1S/C27H28N4O6/c1-16(3-10-26(33)28-11-12-32)17-5-8-21-23(13-17)30-27(34)20-7-4-18(14-22(20)29-21)19-6-9-24(31(35)36)25(15-19)37-2/h4-9,13-16,29,32H,3,10-12H2,1-2H3,(H,28,33)(H,30,34). The number of rotatable bonds is 9. The van der Waals surface area contributed by atoms with E-state index < -0.39 is 4.92 Å². The number of benzene rings is 3. The van der Waals surface area contributed by atoms with Crippen LogP contribution in [0.4, 0.5) is 22.7 Å². The monoisotopic (exact) mass is 504 g/mol. The van der Waals surface area contributed by atoms with Gasteiger partial charge in [0, 0.05) is 19.0 Å². The quantitative estimate of drug-likeness (QED) is 0.247. The van der Waals surface area contributed by atoms with E-state index in [1.165, 1.54) is 13.2 Å². The maximum absolute atomic E-state index is 13.0. The normalized spacial score (nSPS) is 12.8. The van der Waals surface area contributed by atoms with Crippen LogP contribution in [0.3, 0.4) is 0 Å². The van der Waals surface area contributed by atoms with Crippen LogP contribution in [-0.4, -0.2) is 42.1 Å². The van der Waals surface area contributed by atoms with Gasteiger partial charge in [-0.3, -0.25) is 19.7 Å². The van der Waals surface area contributed by atoms with E-state index >= 15 is 0 Å². The average molecular weight is 505 g/mol. The van der Waals surface area contributed by atoms with Crippen molar-refractivity contribution < 1.29 is 24.4 Å². The summed E-state index contributed by atoms with van der Waals surface area (Å²) in [6.45, 7) is 2.17. The van der Waals surface area contributed by atoms with Crippen molar-refractivity contribution in [2.45, 2.75) is 25.7 Å². The largest absolute Gasteiger partial charge is 0.490 e. The summed E-state index contributed by atoms with van der Waals surface area (Å²) in [6, 6.07) is 15.7. The molecule has 1 atom stereocenters. The van der Waals surface area contributed by atoms with Crippen molar-refractivity contribution in [1.82, 2.24) is 5.32 Å². The minimum Gasteiger partial charge on any atom is -0.490 e. The number of nitrogens with one attached hydrogen (secondary N) is 3. The molecule has 0 bridgehead atoms. The molecule has 0 saturated carbocycles. The molecule has 0 fully saturated rings. The molecular formula is C27H28N4O6. The lowest BCUT2D eigenvalue weighted by molar-refractivity contribution is -0.385. The SMILES string of the molecule is COc1cc(-c2ccc3c(c2)Nc2ccc(C(C)CCC(=O)NCCO)cc2NC3=O)ccc1[N+](=O)[O-]. The maximum Gasteiger partial charge on any atom is 0.310 e. The molecule has 0 radical (unpaired) electrons. The Balaban J connectivity index is 1.57. The Morgan fingerprint density at radius 1 is 1.05 bits per heavy atom. The Morgan fingerprint density at radius 2 is 1.81 bits per heavy atom. The lowest BCUT2D eigenvalue weighted by atomic mass is 9.95. The Labute approximate surface area is 213 Å². The van der Waals surface area contributed by atoms with E-state index in [1.54, 1.807) is 24.3 Å². The summed E-state index contributed by atoms with van der Waals surface area (Å²) >= 11 is 0. The Morgan fingerprint density at radius 3 is 2.54 bits per heavy atom. The second-order valence-corrected chi connectivity index (χ2v) is 8.80. The fourth-order valence-electron chi connectivity index (χ4n) is 4.25. The van der Waals surface area contributed by atoms with Crippen molar-refractivity contribution >= 4 is 34.6 Å². The smallest absolute Gasteiger partial charge is 0.310 e. The number of fused-ring (bicyclic) bond motifs is 2. The van der Waals surface area contributed by atoms with E-state index in [0.717, 1.165) is 16.8 Å². The van der Waals surface area contributed by atoms with Gasteiger partial charge in [0.2, 0.25) is 5.91 Å². The summed E-state index contributed by atoms with van der Waals surface area (Å²) in [5, 5.41) is 29.0. The van der Waals surface area contributed by atoms with E-state index in [4.69, 9.17) is 9.84 Å². The molecule has 4 rings (SSSR count). The number of hydrogen-bond acceptors (Lipinski definition) is 7. The molecular weight excluding hydrogens is 476 g/mol. The molecule has 4 N–H and O–H groups in total. The molecule has 1 heterocycles. The summed E-state index contributed by atoms with van der Waals surface area (Å²) in [4.78, 5) is 35.6. The lowest BCUT2D eigenvalue weighted by Gasteiger charge is -2.15. The number of nitro benzene ring substituents is 1. The van der Waals surface area contributed by atoms with E-state index in [1.807, 2.05) is 31.2 Å². The van der Waals surface area contributed by atoms with Crippen LogP contribution in [0.15, 0.2) is 54.6 Å². The molecule has 37 heavy (non-hydrogen) atoms. The number of aliphatic hydroxyl groups is 1. The number of nitro groups is 1. The number of ether oxygens (including phenoxy) is 1. The number of anilines is 3. The average Bonchev–Trinajstić information content (AvgIpc) is 3.04. The van der Waals surface area contributed by atoms with Crippen LogP contribution in [0.1, 0.15) is 41.6 Å². The van der Waals surface area contributed by atoms with Gasteiger partial charge in [0.15, 0.2) is 5.75 Å². The molecule has 0 aromatic heterocycles. The second kappa shape index (κ2) is 11.1. The highest BCUT2D eigenvalue weighted by Crippen LogP contribution is 2.38. The van der Waals surface area contributed by atoms with Crippen molar-refractivity contribution in [1.29, 1.82) is 0 Å². The molecule has 1 aliphatic heterocycles. The first kappa shape index (κ1) is 25.6. The van der Waals surface area contributed by atoms with E-state index in [2.05, 4.69) is 16.0 Å². The zero-order valence-electron chi connectivity index (χ0n) is 20.5. The third-order valence-electron chi connectivity index (χ3n) is 6.34. The second-order valence-electron chi connectivity index (χ2n) is 8.80. The van der Waals surface area contributed by atoms with E-state index in [-0.39, 0.29) is 42.3 Å². The van der Waals surface area contributed by atoms with Gasteiger partial charge in [-0.2, -0.15) is 0 Å². The number of carbonyl (C=O) groups excluding carboxylic acids is 2. The minimum atomic E-state index is -0.496. The molecule has 192 valence electrons. The molecule has 0 aliphatic carbocycles. The van der Waals surface area contributed by atoms with Crippen LogP contribution in [-0.2, 0) is 4.79 Å². The maximum atomic E-state index is 13.0. The summed E-state index contributed by atoms with van der Waals surface area (Å²) < 4.78 is 5.19. The molecule has 1 unspecified atom stereocenters. The van der Waals surface area contributed by atoms with Crippen LogP contribution in [0.25, 0.3) is 11.1 Å². The highest BCUT2D eigenvalue weighted by molar-refractivity contribution is 6.12. The third-order valence-corrected chi connectivity index (χ3v) is 6.34. The van der Waals surface area contributed by atoms with Gasteiger partial charge < -0.3 is 25.8 Å². The van der Waals surface area contributed by atoms with Crippen molar-refractivity contribution in [2.24, 2.45) is 0 Å². The van der Waals surface area contributed by atoms with Crippen LogP contribution in [0, 0.1) is 10.1 Å². The first-order valence-electron chi connectivity index (χ1n) is 11.9. The van der Waals surface area contributed by atoms with Gasteiger partial charge >= 0.3 is 5.69 Å². The molecule has 3 aromatic rings. The predicted octanol–water partition coefficient (Wildman–Crippen LogP) is 4.57. The van der Waals surface area contributed by atoms with Gasteiger partial charge in [0.1, 0.15) is 0 Å². The number of methoxy groups -OCH3 is 1. The highest BCUT2D eigenvalue weighted by Gasteiger charge is 2.22. The zero-order valence-corrected chi connectivity index (χ0v) is 20.5. The molecule has 2 amide bonds. The molecule has 0 saturated heterocycles. The third kappa shape index (κ3) is 5.70. The zero-order chi connectivity index (χ0) is 26.5. The van der Waals surface area contributed by atoms with Crippen molar-refractivity contribution in [3.8, 4) is 16.9 Å². The number of carbonyl (C=O) groups is 2. The fraction of sp³-hybridized carbons (Fsp3) is 0.259. The van der Waals surface area contributed by atoms with Gasteiger partial charge in [-0.25, -0.2) is 0 Å². The summed E-state index contributed by atoms with van der Waals surface area (Å²) in [7, 11) is 1.38. The van der Waals surface area contributed by atoms with Gasteiger partial charge in [0.05, 0.1) is 41.3 Å². The van der Waals surface area contributed by atoms with Crippen molar-refractivity contribution in [3.05, 3.63) is 75.8 Å². The Hall–Kier alpha value is -4.44. The molecule has 0 spiro atoms. The van der Waals surface area contributed by atoms with Gasteiger partial charge in [-0.15, -0.1) is 0 Å². The number of aliphatic hydroxyl groups excluding tert-OH is 1. The molecule has 3 aromatic carbocycles. The predicted molar refractivity (Wildman–Crippen MR) is 141 cm³/mol. The Kier molecular flexibility index (Phi) is 7.69. The van der Waals surface area contributed by atoms with Crippen molar-refractivity contribution in [2.75, 3.05) is 30.9 Å².